The number of benzene rings is 1. The first-order valence-corrected chi connectivity index (χ1v) is 5.36. The maximum atomic E-state index is 5.58. The van der Waals surface area contributed by atoms with Crippen molar-refractivity contribution in [1.82, 2.24) is 0 Å². The number of rotatable bonds is 2. The zero-order valence-electron chi connectivity index (χ0n) is 7.71. The number of aryl methyl sites for hydroxylation is 1. The molecular formula is C11H13NS. The van der Waals surface area contributed by atoms with Gasteiger partial charge >= 0.3 is 0 Å². The fourth-order valence-corrected chi connectivity index (χ4v) is 2.50. The average molecular weight is 191 g/mol. The second-order valence-electron chi connectivity index (χ2n) is 3.14. The van der Waals surface area contributed by atoms with Crippen LogP contribution in [0.5, 0.6) is 0 Å². The van der Waals surface area contributed by atoms with Crippen LogP contribution in [-0.4, -0.2) is 0 Å². The predicted molar refractivity (Wildman–Crippen MR) is 59.1 cm³/mol. The van der Waals surface area contributed by atoms with Crippen LogP contribution < -0.4 is 5.73 Å². The van der Waals surface area contributed by atoms with E-state index in [4.69, 9.17) is 5.73 Å². The zero-order chi connectivity index (χ0) is 9.26. The Bertz CT molecular complexity index is 415. The predicted octanol–water partition coefficient (Wildman–Crippen LogP) is 2.92. The average Bonchev–Trinajstić information content (AvgIpc) is 2.58. The van der Waals surface area contributed by atoms with Crippen LogP contribution in [0, 0.1) is 0 Å². The van der Waals surface area contributed by atoms with E-state index in [1.54, 1.807) is 0 Å². The first-order valence-electron chi connectivity index (χ1n) is 4.55. The van der Waals surface area contributed by atoms with Crippen LogP contribution in [0.3, 0.4) is 0 Å². The third-order valence-corrected chi connectivity index (χ3v) is 3.46. The fraction of sp³-hybridized carbons (Fsp3) is 0.273. The monoisotopic (exact) mass is 191 g/mol. The van der Waals surface area contributed by atoms with Crippen LogP contribution in [-0.2, 0) is 13.0 Å². The van der Waals surface area contributed by atoms with Gasteiger partial charge in [-0.05, 0) is 29.5 Å². The maximum Gasteiger partial charge on any atom is 0.0348 e. The van der Waals surface area contributed by atoms with Crippen LogP contribution in [0.25, 0.3) is 10.1 Å². The highest BCUT2D eigenvalue weighted by Crippen LogP contribution is 2.26. The Balaban J connectivity index is 2.57. The Kier molecular flexibility index (Phi) is 2.34. The number of nitrogens with two attached hydrogens (primary N) is 1. The van der Waals surface area contributed by atoms with Crippen LogP contribution in [0.15, 0.2) is 24.3 Å². The lowest BCUT2D eigenvalue weighted by Crippen LogP contribution is -1.94. The van der Waals surface area contributed by atoms with Gasteiger partial charge < -0.3 is 5.73 Å². The van der Waals surface area contributed by atoms with Crippen molar-refractivity contribution in [2.45, 2.75) is 19.9 Å². The summed E-state index contributed by atoms with van der Waals surface area (Å²) in [5, 5.41) is 1.35. The molecule has 2 heteroatoms. The van der Waals surface area contributed by atoms with Crippen molar-refractivity contribution in [3.8, 4) is 0 Å². The van der Waals surface area contributed by atoms with Gasteiger partial charge in [0.2, 0.25) is 0 Å². The van der Waals surface area contributed by atoms with Crippen LogP contribution in [0.4, 0.5) is 0 Å². The first kappa shape index (κ1) is 8.73. The molecule has 68 valence electrons. The van der Waals surface area contributed by atoms with Gasteiger partial charge in [0.15, 0.2) is 0 Å². The van der Waals surface area contributed by atoms with E-state index in [1.807, 2.05) is 11.3 Å². The number of fused-ring (bicyclic) bond motifs is 1. The van der Waals surface area contributed by atoms with E-state index in [0.717, 1.165) is 6.42 Å². The van der Waals surface area contributed by atoms with Gasteiger partial charge in [0, 0.05) is 16.1 Å². The number of thiophene rings is 1. The molecule has 0 radical (unpaired) electrons. The standard InChI is InChI=1S/C11H13NS/c1-2-10-6-9-4-3-8(7-12)5-11(9)13-10/h3-6H,2,7,12H2,1H3. The van der Waals surface area contributed by atoms with Gasteiger partial charge in [-0.3, -0.25) is 0 Å². The van der Waals surface area contributed by atoms with E-state index in [9.17, 15) is 0 Å². The summed E-state index contributed by atoms with van der Waals surface area (Å²) in [7, 11) is 0. The minimum Gasteiger partial charge on any atom is -0.326 e. The molecule has 0 atom stereocenters. The molecule has 1 nitrogen and oxygen atoms in total. The first-order chi connectivity index (χ1) is 6.33. The molecule has 0 spiro atoms. The molecule has 1 heterocycles. The lowest BCUT2D eigenvalue weighted by molar-refractivity contribution is 1.08. The summed E-state index contributed by atoms with van der Waals surface area (Å²) in [6.45, 7) is 2.82. The summed E-state index contributed by atoms with van der Waals surface area (Å²) in [4.78, 5) is 1.45. The van der Waals surface area contributed by atoms with E-state index >= 15 is 0 Å². The SMILES string of the molecule is CCc1cc2ccc(CN)cc2s1. The summed E-state index contributed by atoms with van der Waals surface area (Å²) >= 11 is 1.87. The van der Waals surface area contributed by atoms with E-state index in [-0.39, 0.29) is 0 Å². The molecule has 1 aromatic carbocycles. The smallest absolute Gasteiger partial charge is 0.0348 e. The molecule has 0 unspecified atom stereocenters. The molecule has 2 N–H and O–H groups in total. The molecular weight excluding hydrogens is 178 g/mol. The van der Waals surface area contributed by atoms with Gasteiger partial charge in [0.25, 0.3) is 0 Å². The molecule has 0 aliphatic heterocycles. The van der Waals surface area contributed by atoms with E-state index in [0.29, 0.717) is 6.54 Å². The number of hydrogen-bond donors (Lipinski definition) is 1. The Labute approximate surface area is 82.2 Å². The second kappa shape index (κ2) is 3.48. The third-order valence-electron chi connectivity index (χ3n) is 2.22. The molecule has 2 rings (SSSR count). The molecule has 0 aliphatic carbocycles. The highest BCUT2D eigenvalue weighted by atomic mass is 32.1. The van der Waals surface area contributed by atoms with Crippen LogP contribution in [0.1, 0.15) is 17.4 Å². The molecule has 2 aromatic rings. The van der Waals surface area contributed by atoms with Gasteiger partial charge in [-0.1, -0.05) is 19.1 Å². The highest BCUT2D eigenvalue weighted by molar-refractivity contribution is 7.19. The molecule has 0 saturated carbocycles. The lowest BCUT2D eigenvalue weighted by Gasteiger charge is -1.94. The highest BCUT2D eigenvalue weighted by Gasteiger charge is 2.00. The van der Waals surface area contributed by atoms with Crippen LogP contribution >= 0.6 is 11.3 Å². The number of hydrogen-bond acceptors (Lipinski definition) is 2. The topological polar surface area (TPSA) is 26.0 Å². The quantitative estimate of drug-likeness (QED) is 0.776. The van der Waals surface area contributed by atoms with Crippen molar-refractivity contribution in [2.75, 3.05) is 0 Å². The van der Waals surface area contributed by atoms with Crippen LogP contribution in [0.2, 0.25) is 0 Å². The Morgan fingerprint density at radius 2 is 2.15 bits per heavy atom. The molecule has 0 bridgehead atoms. The summed E-state index contributed by atoms with van der Waals surface area (Å²) < 4.78 is 1.36. The van der Waals surface area contributed by atoms with Crippen molar-refractivity contribution in [3.05, 3.63) is 34.7 Å². The lowest BCUT2D eigenvalue weighted by atomic mass is 10.2. The zero-order valence-corrected chi connectivity index (χ0v) is 8.53. The second-order valence-corrected chi connectivity index (χ2v) is 4.31. The largest absolute Gasteiger partial charge is 0.326 e. The van der Waals surface area contributed by atoms with E-state index in [2.05, 4.69) is 31.2 Å². The van der Waals surface area contributed by atoms with Gasteiger partial charge in [0.05, 0.1) is 0 Å². The summed E-state index contributed by atoms with van der Waals surface area (Å²) in [5.74, 6) is 0. The maximum absolute atomic E-state index is 5.58. The van der Waals surface area contributed by atoms with Crippen molar-refractivity contribution in [3.63, 3.8) is 0 Å². The summed E-state index contributed by atoms with van der Waals surface area (Å²) in [5.41, 5.74) is 6.80. The fourth-order valence-electron chi connectivity index (χ4n) is 1.43. The van der Waals surface area contributed by atoms with Crippen molar-refractivity contribution in [1.29, 1.82) is 0 Å². The van der Waals surface area contributed by atoms with Crippen molar-refractivity contribution < 1.29 is 0 Å². The molecule has 1 aromatic heterocycles. The van der Waals surface area contributed by atoms with Gasteiger partial charge in [-0.15, -0.1) is 11.3 Å². The van der Waals surface area contributed by atoms with Gasteiger partial charge in [-0.2, -0.15) is 0 Å². The minimum atomic E-state index is 0.634. The van der Waals surface area contributed by atoms with Gasteiger partial charge in [-0.25, -0.2) is 0 Å². The van der Waals surface area contributed by atoms with Crippen molar-refractivity contribution in [2.24, 2.45) is 5.73 Å². The molecule has 0 fully saturated rings. The van der Waals surface area contributed by atoms with E-state index in [1.165, 1.54) is 20.5 Å². The Hall–Kier alpha value is -0.860. The molecule has 13 heavy (non-hydrogen) atoms. The Morgan fingerprint density at radius 3 is 2.85 bits per heavy atom. The molecule has 0 amide bonds. The van der Waals surface area contributed by atoms with Crippen molar-refractivity contribution >= 4 is 21.4 Å². The summed E-state index contributed by atoms with van der Waals surface area (Å²) in [6.07, 6.45) is 1.12. The summed E-state index contributed by atoms with van der Waals surface area (Å²) in [6, 6.07) is 8.72. The Morgan fingerprint density at radius 1 is 1.31 bits per heavy atom. The van der Waals surface area contributed by atoms with Gasteiger partial charge in [0.1, 0.15) is 0 Å². The normalized spacial score (nSPS) is 10.9. The molecule has 0 saturated heterocycles. The third kappa shape index (κ3) is 1.60. The molecule has 0 aliphatic rings. The van der Waals surface area contributed by atoms with E-state index < -0.39 is 0 Å². The minimum absolute atomic E-state index is 0.634.